The van der Waals surface area contributed by atoms with Crippen molar-refractivity contribution in [2.75, 3.05) is 5.32 Å². The van der Waals surface area contributed by atoms with Crippen LogP contribution in [0.25, 0.3) is 0 Å². The molecule has 0 saturated heterocycles. The van der Waals surface area contributed by atoms with E-state index < -0.39 is 0 Å². The van der Waals surface area contributed by atoms with E-state index >= 15 is 0 Å². The highest BCUT2D eigenvalue weighted by molar-refractivity contribution is 9.10. The Morgan fingerprint density at radius 1 is 1.50 bits per heavy atom. The normalized spacial score (nSPS) is 10.0. The molecule has 0 amide bonds. The van der Waals surface area contributed by atoms with E-state index in [1.807, 2.05) is 26.0 Å². The van der Waals surface area contributed by atoms with Crippen LogP contribution in [0.4, 0.5) is 5.82 Å². The minimum atomic E-state index is 0.324. The summed E-state index contributed by atoms with van der Waals surface area (Å²) >= 11 is 8.38. The van der Waals surface area contributed by atoms with Crippen LogP contribution in [0.15, 0.2) is 22.8 Å². The summed E-state index contributed by atoms with van der Waals surface area (Å²) in [4.78, 5) is 4.14. The molecular weight excluding hydrogens is 262 g/mol. The van der Waals surface area contributed by atoms with Gasteiger partial charge in [-0.15, -0.1) is 0 Å². The summed E-state index contributed by atoms with van der Waals surface area (Å²) in [6.07, 6.45) is 1.72. The molecule has 2 N–H and O–H groups in total. The van der Waals surface area contributed by atoms with Gasteiger partial charge in [-0.25, -0.2) is 4.98 Å². The Morgan fingerprint density at radius 3 is 2.71 bits per heavy atom. The first kappa shape index (κ1) is 11.4. The standard InChI is InChI=1S/C9H12BrN3S/c1-6(2)12-9(14)13-8-4-3-7(10)5-11-8/h3-6H,1-2H3,(H2,11,12,13,14). The number of rotatable bonds is 2. The fourth-order valence-electron chi connectivity index (χ4n) is 0.864. The molecule has 1 heterocycles. The lowest BCUT2D eigenvalue weighted by Gasteiger charge is -2.12. The zero-order chi connectivity index (χ0) is 10.6. The Kier molecular flexibility index (Phi) is 4.28. The molecule has 0 unspecified atom stereocenters. The average Bonchev–Trinajstić information content (AvgIpc) is 2.07. The lowest BCUT2D eigenvalue weighted by molar-refractivity contribution is 0.739. The van der Waals surface area contributed by atoms with Crippen LogP contribution < -0.4 is 10.6 Å². The summed E-state index contributed by atoms with van der Waals surface area (Å²) in [5.74, 6) is 0.742. The van der Waals surface area contributed by atoms with Gasteiger partial charge < -0.3 is 10.6 Å². The van der Waals surface area contributed by atoms with Crippen molar-refractivity contribution in [2.24, 2.45) is 0 Å². The Bertz CT molecular complexity index is 310. The summed E-state index contributed by atoms with van der Waals surface area (Å²) in [6.45, 7) is 4.06. The second kappa shape index (κ2) is 5.26. The number of nitrogens with zero attached hydrogens (tertiary/aromatic N) is 1. The molecule has 0 atom stereocenters. The van der Waals surface area contributed by atoms with Gasteiger partial charge in [0.15, 0.2) is 5.11 Å². The summed E-state index contributed by atoms with van der Waals surface area (Å²) in [7, 11) is 0. The van der Waals surface area contributed by atoms with Crippen LogP contribution in [0.2, 0.25) is 0 Å². The monoisotopic (exact) mass is 273 g/mol. The van der Waals surface area contributed by atoms with Gasteiger partial charge in [-0.3, -0.25) is 0 Å². The lowest BCUT2D eigenvalue weighted by Crippen LogP contribution is -2.34. The molecule has 0 aliphatic rings. The van der Waals surface area contributed by atoms with Gasteiger partial charge in [0.1, 0.15) is 5.82 Å². The van der Waals surface area contributed by atoms with Crippen molar-refractivity contribution in [3.63, 3.8) is 0 Å². The van der Waals surface area contributed by atoms with Gasteiger partial charge in [-0.1, -0.05) is 0 Å². The first-order chi connectivity index (χ1) is 6.58. The van der Waals surface area contributed by atoms with Gasteiger partial charge in [0.2, 0.25) is 0 Å². The van der Waals surface area contributed by atoms with Crippen LogP contribution in [0.5, 0.6) is 0 Å². The molecule has 1 aromatic heterocycles. The molecule has 76 valence electrons. The van der Waals surface area contributed by atoms with Crippen molar-refractivity contribution < 1.29 is 0 Å². The maximum atomic E-state index is 5.07. The highest BCUT2D eigenvalue weighted by atomic mass is 79.9. The summed E-state index contributed by atoms with van der Waals surface area (Å²) in [6, 6.07) is 4.09. The van der Waals surface area contributed by atoms with Gasteiger partial charge in [0.25, 0.3) is 0 Å². The van der Waals surface area contributed by atoms with E-state index in [4.69, 9.17) is 12.2 Å². The zero-order valence-electron chi connectivity index (χ0n) is 8.04. The van der Waals surface area contributed by atoms with Crippen molar-refractivity contribution in [3.05, 3.63) is 22.8 Å². The molecule has 0 fully saturated rings. The minimum Gasteiger partial charge on any atom is -0.360 e. The molecule has 0 aliphatic carbocycles. The van der Waals surface area contributed by atoms with E-state index in [0.29, 0.717) is 11.2 Å². The average molecular weight is 274 g/mol. The number of nitrogens with one attached hydrogen (secondary N) is 2. The van der Waals surface area contributed by atoms with E-state index in [2.05, 4.69) is 31.5 Å². The number of thiocarbonyl (C=S) groups is 1. The second-order valence-electron chi connectivity index (χ2n) is 3.11. The molecule has 0 aromatic carbocycles. The van der Waals surface area contributed by atoms with E-state index in [1.165, 1.54) is 0 Å². The molecular formula is C9H12BrN3S. The largest absolute Gasteiger partial charge is 0.360 e. The van der Waals surface area contributed by atoms with Gasteiger partial charge >= 0.3 is 0 Å². The Hall–Kier alpha value is -0.680. The molecule has 1 rings (SSSR count). The number of hydrogen-bond donors (Lipinski definition) is 2. The molecule has 0 radical (unpaired) electrons. The number of aromatic nitrogens is 1. The third-order valence-electron chi connectivity index (χ3n) is 1.39. The van der Waals surface area contributed by atoms with Gasteiger partial charge in [-0.2, -0.15) is 0 Å². The number of anilines is 1. The SMILES string of the molecule is CC(C)NC(=S)Nc1ccc(Br)cn1. The van der Waals surface area contributed by atoms with Crippen LogP contribution in [0.3, 0.4) is 0 Å². The second-order valence-corrected chi connectivity index (χ2v) is 4.44. The lowest BCUT2D eigenvalue weighted by atomic mass is 10.4. The molecule has 3 nitrogen and oxygen atoms in total. The van der Waals surface area contributed by atoms with E-state index in [1.54, 1.807) is 6.20 Å². The van der Waals surface area contributed by atoms with Gasteiger partial charge in [-0.05, 0) is 54.1 Å². The third kappa shape index (κ3) is 4.02. The van der Waals surface area contributed by atoms with E-state index in [-0.39, 0.29) is 0 Å². The summed E-state index contributed by atoms with van der Waals surface area (Å²) in [5.41, 5.74) is 0. The maximum absolute atomic E-state index is 5.07. The van der Waals surface area contributed by atoms with Crippen LogP contribution >= 0.6 is 28.1 Å². The topological polar surface area (TPSA) is 37.0 Å². The first-order valence-corrected chi connectivity index (χ1v) is 5.47. The van der Waals surface area contributed by atoms with E-state index in [0.717, 1.165) is 10.3 Å². The first-order valence-electron chi connectivity index (χ1n) is 4.27. The highest BCUT2D eigenvalue weighted by Gasteiger charge is 1.99. The van der Waals surface area contributed by atoms with Gasteiger partial charge in [0.05, 0.1) is 0 Å². The molecule has 0 aliphatic heterocycles. The Labute approximate surface area is 97.4 Å². The Balaban J connectivity index is 2.52. The smallest absolute Gasteiger partial charge is 0.172 e. The van der Waals surface area contributed by atoms with Crippen LogP contribution in [-0.2, 0) is 0 Å². The van der Waals surface area contributed by atoms with Crippen molar-refractivity contribution in [3.8, 4) is 0 Å². The quantitative estimate of drug-likeness (QED) is 0.813. The fraction of sp³-hybridized carbons (Fsp3) is 0.333. The maximum Gasteiger partial charge on any atom is 0.172 e. The predicted octanol–water partition coefficient (Wildman–Crippen LogP) is 2.54. The van der Waals surface area contributed by atoms with Crippen molar-refractivity contribution in [1.82, 2.24) is 10.3 Å². The third-order valence-corrected chi connectivity index (χ3v) is 2.08. The van der Waals surface area contributed by atoms with Crippen molar-refractivity contribution in [1.29, 1.82) is 0 Å². The van der Waals surface area contributed by atoms with Crippen LogP contribution in [0, 0.1) is 0 Å². The summed E-state index contributed by atoms with van der Waals surface area (Å²) in [5, 5.41) is 6.66. The number of pyridine rings is 1. The Morgan fingerprint density at radius 2 is 2.21 bits per heavy atom. The molecule has 1 aromatic rings. The molecule has 5 heteroatoms. The molecule has 0 bridgehead atoms. The van der Waals surface area contributed by atoms with Gasteiger partial charge in [0, 0.05) is 16.7 Å². The predicted molar refractivity (Wildman–Crippen MR) is 66.4 cm³/mol. The zero-order valence-corrected chi connectivity index (χ0v) is 10.4. The molecule has 14 heavy (non-hydrogen) atoms. The van der Waals surface area contributed by atoms with Crippen molar-refractivity contribution in [2.45, 2.75) is 19.9 Å². The van der Waals surface area contributed by atoms with Crippen molar-refractivity contribution >= 4 is 39.1 Å². The molecule has 0 spiro atoms. The summed E-state index contributed by atoms with van der Waals surface area (Å²) < 4.78 is 0.950. The number of hydrogen-bond acceptors (Lipinski definition) is 2. The van der Waals surface area contributed by atoms with Crippen LogP contribution in [-0.4, -0.2) is 16.1 Å². The molecule has 0 saturated carbocycles. The highest BCUT2D eigenvalue weighted by Crippen LogP contribution is 2.10. The number of halogens is 1. The van der Waals surface area contributed by atoms with E-state index in [9.17, 15) is 0 Å². The van der Waals surface area contributed by atoms with Crippen LogP contribution in [0.1, 0.15) is 13.8 Å². The minimum absolute atomic E-state index is 0.324. The fourth-order valence-corrected chi connectivity index (χ4v) is 1.44.